The Bertz CT molecular complexity index is 419. The molecule has 1 unspecified atom stereocenters. The summed E-state index contributed by atoms with van der Waals surface area (Å²) in [7, 11) is 0. The van der Waals surface area contributed by atoms with Crippen molar-refractivity contribution in [2.75, 3.05) is 6.61 Å². The molecule has 0 amide bonds. The highest BCUT2D eigenvalue weighted by atomic mass is 35.5. The number of nitrogens with zero attached hydrogens (tertiary/aromatic N) is 1. The smallest absolute Gasteiger partial charge is 0.333 e. The van der Waals surface area contributed by atoms with Gasteiger partial charge in [-0.05, 0) is 39.0 Å². The van der Waals surface area contributed by atoms with Crippen LogP contribution in [0.4, 0.5) is 0 Å². The van der Waals surface area contributed by atoms with Crippen molar-refractivity contribution in [3.05, 3.63) is 0 Å². The molecule has 2 fully saturated rings. The number of rotatable bonds is 3. The van der Waals surface area contributed by atoms with E-state index in [-0.39, 0.29) is 12.6 Å². The van der Waals surface area contributed by atoms with Crippen molar-refractivity contribution < 1.29 is 9.53 Å². The average molecular weight is 355 g/mol. The Balaban J connectivity index is 2.32. The molecule has 120 valence electrons. The number of hydrogen-bond donors (Lipinski definition) is 0. The number of halogens is 3. The maximum atomic E-state index is 12.3. The Kier molecular flexibility index (Phi) is 5.84. The molecule has 0 bridgehead atoms. The Labute approximate surface area is 141 Å². The Morgan fingerprint density at radius 2 is 1.86 bits per heavy atom. The van der Waals surface area contributed by atoms with Gasteiger partial charge in [-0.25, -0.2) is 4.79 Å². The molecule has 2 aliphatic rings. The fraction of sp³-hybridized carbons (Fsp3) is 0.867. The van der Waals surface area contributed by atoms with E-state index in [4.69, 9.17) is 44.5 Å². The highest BCUT2D eigenvalue weighted by Crippen LogP contribution is 2.45. The van der Waals surface area contributed by atoms with Crippen molar-refractivity contribution in [1.29, 1.82) is 0 Å². The van der Waals surface area contributed by atoms with E-state index in [9.17, 15) is 4.79 Å². The largest absolute Gasteiger partial charge is 0.464 e. The lowest BCUT2D eigenvalue weighted by Crippen LogP contribution is -2.53. The molecule has 0 aromatic rings. The summed E-state index contributed by atoms with van der Waals surface area (Å²) in [6.45, 7) is 2.04. The fourth-order valence-electron chi connectivity index (χ4n) is 3.11. The zero-order valence-electron chi connectivity index (χ0n) is 12.3. The molecule has 2 rings (SSSR count). The van der Waals surface area contributed by atoms with Gasteiger partial charge in [-0.1, -0.05) is 54.1 Å². The molecule has 2 saturated carbocycles. The summed E-state index contributed by atoms with van der Waals surface area (Å²) in [5.41, 5.74) is 0.400. The monoisotopic (exact) mass is 353 g/mol. The van der Waals surface area contributed by atoms with E-state index in [0.29, 0.717) is 25.0 Å². The van der Waals surface area contributed by atoms with Gasteiger partial charge in [0, 0.05) is 0 Å². The van der Waals surface area contributed by atoms with Crippen LogP contribution in [0.15, 0.2) is 4.99 Å². The van der Waals surface area contributed by atoms with Gasteiger partial charge in [0.25, 0.3) is 0 Å². The summed E-state index contributed by atoms with van der Waals surface area (Å²) < 4.78 is 3.95. The van der Waals surface area contributed by atoms with Crippen molar-refractivity contribution in [3.8, 4) is 0 Å². The van der Waals surface area contributed by atoms with E-state index in [2.05, 4.69) is 0 Å². The molecule has 3 nitrogen and oxygen atoms in total. The normalized spacial score (nSPS) is 32.1. The topological polar surface area (TPSA) is 38.7 Å². The third-order valence-electron chi connectivity index (χ3n) is 4.22. The summed E-state index contributed by atoms with van der Waals surface area (Å²) in [5, 5.41) is 0. The lowest BCUT2D eigenvalue weighted by atomic mass is 9.84. The molecule has 0 radical (unpaired) electrons. The second-order valence-electron chi connectivity index (χ2n) is 5.85. The first kappa shape index (κ1) is 17.4. The van der Waals surface area contributed by atoms with Crippen LogP contribution >= 0.6 is 34.8 Å². The van der Waals surface area contributed by atoms with Crippen LogP contribution in [0, 0.1) is 0 Å². The summed E-state index contributed by atoms with van der Waals surface area (Å²) >= 11 is 19.5. The average Bonchev–Trinajstić information content (AvgIpc) is 2.44. The zero-order valence-corrected chi connectivity index (χ0v) is 14.6. The highest BCUT2D eigenvalue weighted by molar-refractivity contribution is 6.65. The first-order valence-corrected chi connectivity index (χ1v) is 8.86. The SMILES string of the molecule is CCOC(=O)C1(Cl)CCCC(Cl)(Cl)C1=NC1CCCCC1. The predicted molar refractivity (Wildman–Crippen MR) is 87.8 cm³/mol. The summed E-state index contributed by atoms with van der Waals surface area (Å²) in [4.78, 5) is 15.7. The molecule has 0 aromatic heterocycles. The zero-order chi connectivity index (χ0) is 15.5. The number of aliphatic imine (C=N–C) groups is 1. The minimum Gasteiger partial charge on any atom is -0.464 e. The van der Waals surface area contributed by atoms with Crippen LogP contribution in [0.25, 0.3) is 0 Å². The van der Waals surface area contributed by atoms with Gasteiger partial charge in [-0.3, -0.25) is 4.99 Å². The van der Waals surface area contributed by atoms with Gasteiger partial charge in [0.2, 0.25) is 0 Å². The third-order valence-corrected chi connectivity index (χ3v) is 5.48. The van der Waals surface area contributed by atoms with E-state index in [1.807, 2.05) is 0 Å². The summed E-state index contributed by atoms with van der Waals surface area (Å²) in [5.74, 6) is -0.480. The van der Waals surface area contributed by atoms with Gasteiger partial charge in [-0.2, -0.15) is 0 Å². The summed E-state index contributed by atoms with van der Waals surface area (Å²) in [6.07, 6.45) is 7.25. The first-order chi connectivity index (χ1) is 9.90. The van der Waals surface area contributed by atoms with Gasteiger partial charge >= 0.3 is 5.97 Å². The Hall–Kier alpha value is 0.01000. The number of hydrogen-bond acceptors (Lipinski definition) is 3. The van der Waals surface area contributed by atoms with Crippen molar-refractivity contribution >= 4 is 46.5 Å². The second-order valence-corrected chi connectivity index (χ2v) is 7.98. The minimum absolute atomic E-state index is 0.163. The van der Waals surface area contributed by atoms with Crippen molar-refractivity contribution in [3.63, 3.8) is 0 Å². The number of carbonyl (C=O) groups is 1. The van der Waals surface area contributed by atoms with Crippen molar-refractivity contribution in [1.82, 2.24) is 0 Å². The number of carbonyl (C=O) groups excluding carboxylic acids is 1. The molecule has 0 N–H and O–H groups in total. The summed E-state index contributed by atoms with van der Waals surface area (Å²) in [6, 6.07) is 0.163. The van der Waals surface area contributed by atoms with Crippen LogP contribution in [0.2, 0.25) is 0 Å². The molecule has 21 heavy (non-hydrogen) atoms. The Morgan fingerprint density at radius 3 is 2.48 bits per heavy atom. The standard InChI is InChI=1S/C15H22Cl3NO2/c1-2-21-13(20)14(16)9-6-10-15(17,18)12(14)19-11-7-4-3-5-8-11/h11H,2-10H2,1H3. The van der Waals surface area contributed by atoms with Crippen LogP contribution < -0.4 is 0 Å². The van der Waals surface area contributed by atoms with Crippen molar-refractivity contribution in [2.24, 2.45) is 4.99 Å². The Morgan fingerprint density at radius 1 is 1.19 bits per heavy atom. The fourth-order valence-corrected chi connectivity index (χ4v) is 4.30. The molecule has 2 aliphatic carbocycles. The first-order valence-electron chi connectivity index (χ1n) is 7.73. The van der Waals surface area contributed by atoms with Gasteiger partial charge in [0.05, 0.1) is 18.4 Å². The lowest BCUT2D eigenvalue weighted by molar-refractivity contribution is -0.144. The maximum absolute atomic E-state index is 12.3. The predicted octanol–water partition coefficient (Wildman–Crippen LogP) is 4.66. The molecule has 0 heterocycles. The van der Waals surface area contributed by atoms with Crippen LogP contribution in [-0.2, 0) is 9.53 Å². The maximum Gasteiger partial charge on any atom is 0.333 e. The highest BCUT2D eigenvalue weighted by Gasteiger charge is 2.54. The van der Waals surface area contributed by atoms with Gasteiger partial charge in [0.1, 0.15) is 0 Å². The molecular formula is C15H22Cl3NO2. The van der Waals surface area contributed by atoms with E-state index in [0.717, 1.165) is 25.7 Å². The number of alkyl halides is 3. The lowest BCUT2D eigenvalue weighted by Gasteiger charge is -2.39. The number of ether oxygens (including phenoxy) is 1. The van der Waals surface area contributed by atoms with E-state index < -0.39 is 15.2 Å². The van der Waals surface area contributed by atoms with Gasteiger partial charge in [-0.15, -0.1) is 0 Å². The minimum atomic E-state index is -1.31. The molecule has 0 spiro atoms. The van der Waals surface area contributed by atoms with Crippen LogP contribution in [-0.4, -0.2) is 33.5 Å². The number of esters is 1. The van der Waals surface area contributed by atoms with Gasteiger partial charge in [0.15, 0.2) is 9.21 Å². The van der Waals surface area contributed by atoms with Gasteiger partial charge < -0.3 is 4.74 Å². The molecule has 6 heteroatoms. The van der Waals surface area contributed by atoms with Crippen LogP contribution in [0.5, 0.6) is 0 Å². The van der Waals surface area contributed by atoms with Crippen LogP contribution in [0.1, 0.15) is 58.3 Å². The molecule has 0 aromatic carbocycles. The van der Waals surface area contributed by atoms with E-state index in [1.54, 1.807) is 6.92 Å². The van der Waals surface area contributed by atoms with Crippen LogP contribution in [0.3, 0.4) is 0 Å². The third kappa shape index (κ3) is 3.86. The molecular weight excluding hydrogens is 333 g/mol. The quantitative estimate of drug-likeness (QED) is 0.546. The van der Waals surface area contributed by atoms with E-state index >= 15 is 0 Å². The van der Waals surface area contributed by atoms with Crippen molar-refractivity contribution in [2.45, 2.75) is 73.5 Å². The second kappa shape index (κ2) is 7.06. The molecule has 0 aliphatic heterocycles. The molecule has 0 saturated heterocycles. The molecule has 1 atom stereocenters. The van der Waals surface area contributed by atoms with E-state index in [1.165, 1.54) is 6.42 Å².